The van der Waals surface area contributed by atoms with Gasteiger partial charge in [0, 0.05) is 18.2 Å². The van der Waals surface area contributed by atoms with Crippen molar-refractivity contribution in [2.75, 3.05) is 19.6 Å². The van der Waals surface area contributed by atoms with Crippen molar-refractivity contribution in [3.63, 3.8) is 0 Å². The van der Waals surface area contributed by atoms with E-state index in [9.17, 15) is 4.39 Å². The summed E-state index contributed by atoms with van der Waals surface area (Å²) in [6, 6.07) is 6.67. The predicted molar refractivity (Wildman–Crippen MR) is 82.0 cm³/mol. The summed E-state index contributed by atoms with van der Waals surface area (Å²) in [7, 11) is 0. The van der Waals surface area contributed by atoms with Gasteiger partial charge in [-0.2, -0.15) is 0 Å². The van der Waals surface area contributed by atoms with Crippen molar-refractivity contribution < 1.29 is 4.39 Å². The molecule has 1 saturated heterocycles. The van der Waals surface area contributed by atoms with Gasteiger partial charge < -0.3 is 10.6 Å². The van der Waals surface area contributed by atoms with Crippen molar-refractivity contribution in [3.05, 3.63) is 35.6 Å². The molecule has 1 aromatic carbocycles. The Balaban J connectivity index is 1.92. The Labute approximate surface area is 122 Å². The van der Waals surface area contributed by atoms with Crippen LogP contribution in [0.25, 0.3) is 0 Å². The lowest BCUT2D eigenvalue weighted by Gasteiger charge is -2.30. The standard InChI is InChI=1S/C17H27FN2/c1-14(13-20-11-7-3-2-4-8-12-20)17(19)15-9-5-6-10-16(15)18/h5-6,9-10,14,17H,2-4,7-8,11-13,19H2,1H3. The molecule has 1 aliphatic heterocycles. The van der Waals surface area contributed by atoms with Gasteiger partial charge in [-0.3, -0.25) is 0 Å². The van der Waals surface area contributed by atoms with Gasteiger partial charge >= 0.3 is 0 Å². The third kappa shape index (κ3) is 4.29. The smallest absolute Gasteiger partial charge is 0.127 e. The molecule has 0 bridgehead atoms. The van der Waals surface area contributed by atoms with E-state index >= 15 is 0 Å². The molecule has 2 nitrogen and oxygen atoms in total. The number of likely N-dealkylation sites (tertiary alicyclic amines) is 1. The first-order valence-electron chi connectivity index (χ1n) is 7.91. The van der Waals surface area contributed by atoms with Gasteiger partial charge in [0.2, 0.25) is 0 Å². The van der Waals surface area contributed by atoms with Gasteiger partial charge in [0.05, 0.1) is 0 Å². The van der Waals surface area contributed by atoms with Crippen molar-refractivity contribution in [2.45, 2.75) is 45.1 Å². The Morgan fingerprint density at radius 1 is 1.10 bits per heavy atom. The summed E-state index contributed by atoms with van der Waals surface area (Å²) in [5.41, 5.74) is 6.91. The summed E-state index contributed by atoms with van der Waals surface area (Å²) < 4.78 is 13.8. The minimum Gasteiger partial charge on any atom is -0.324 e. The zero-order valence-electron chi connectivity index (χ0n) is 12.5. The molecule has 1 fully saturated rings. The van der Waals surface area contributed by atoms with Gasteiger partial charge in [0.25, 0.3) is 0 Å². The second-order valence-electron chi connectivity index (χ2n) is 6.09. The van der Waals surface area contributed by atoms with Crippen molar-refractivity contribution in [3.8, 4) is 0 Å². The molecule has 0 amide bonds. The van der Waals surface area contributed by atoms with E-state index in [0.717, 1.165) is 19.6 Å². The third-order valence-electron chi connectivity index (χ3n) is 4.37. The van der Waals surface area contributed by atoms with E-state index in [-0.39, 0.29) is 17.8 Å². The third-order valence-corrected chi connectivity index (χ3v) is 4.37. The second-order valence-corrected chi connectivity index (χ2v) is 6.09. The van der Waals surface area contributed by atoms with E-state index in [0.29, 0.717) is 5.56 Å². The lowest BCUT2D eigenvalue weighted by molar-refractivity contribution is 0.204. The molecule has 0 aromatic heterocycles. The molecule has 0 spiro atoms. The summed E-state index contributed by atoms with van der Waals surface area (Å²) in [6.45, 7) is 5.42. The predicted octanol–water partition coefficient (Wildman–Crippen LogP) is 3.73. The number of hydrogen-bond acceptors (Lipinski definition) is 2. The molecule has 1 aromatic rings. The van der Waals surface area contributed by atoms with Crippen molar-refractivity contribution in [1.29, 1.82) is 0 Å². The van der Waals surface area contributed by atoms with Crippen LogP contribution in [0.2, 0.25) is 0 Å². The van der Waals surface area contributed by atoms with Crippen LogP contribution in [0.15, 0.2) is 24.3 Å². The van der Waals surface area contributed by atoms with E-state index in [4.69, 9.17) is 5.73 Å². The maximum absolute atomic E-state index is 13.8. The molecule has 2 rings (SSSR count). The number of nitrogens with two attached hydrogens (primary N) is 1. The molecule has 1 aliphatic rings. The van der Waals surface area contributed by atoms with Crippen LogP contribution in [0.1, 0.15) is 50.6 Å². The maximum atomic E-state index is 13.8. The summed E-state index contributed by atoms with van der Waals surface area (Å²) in [5.74, 6) is 0.0887. The average Bonchev–Trinajstić information content (AvgIpc) is 2.41. The van der Waals surface area contributed by atoms with E-state index in [1.807, 2.05) is 12.1 Å². The molecule has 2 N–H and O–H groups in total. The SMILES string of the molecule is CC(CN1CCCCCCC1)C(N)c1ccccc1F. The van der Waals surface area contributed by atoms with Gasteiger partial charge in [-0.15, -0.1) is 0 Å². The molecular weight excluding hydrogens is 251 g/mol. The zero-order valence-corrected chi connectivity index (χ0v) is 12.5. The number of benzene rings is 1. The fourth-order valence-electron chi connectivity index (χ4n) is 3.07. The quantitative estimate of drug-likeness (QED) is 0.909. The van der Waals surface area contributed by atoms with E-state index in [2.05, 4.69) is 11.8 Å². The van der Waals surface area contributed by atoms with Crippen LogP contribution in [0.3, 0.4) is 0 Å². The first-order chi connectivity index (χ1) is 9.68. The van der Waals surface area contributed by atoms with E-state index in [1.165, 1.54) is 38.2 Å². The molecule has 0 radical (unpaired) electrons. The van der Waals surface area contributed by atoms with Gasteiger partial charge in [0.1, 0.15) is 5.82 Å². The van der Waals surface area contributed by atoms with Crippen molar-refractivity contribution in [2.24, 2.45) is 11.7 Å². The fourth-order valence-corrected chi connectivity index (χ4v) is 3.07. The topological polar surface area (TPSA) is 29.3 Å². The minimum absolute atomic E-state index is 0.181. The Kier molecular flexibility index (Phi) is 5.99. The maximum Gasteiger partial charge on any atom is 0.127 e. The molecule has 0 aliphatic carbocycles. The van der Waals surface area contributed by atoms with Crippen LogP contribution in [0.4, 0.5) is 4.39 Å². The Bertz CT molecular complexity index is 400. The lowest BCUT2D eigenvalue weighted by Crippen LogP contribution is -2.35. The summed E-state index contributed by atoms with van der Waals surface area (Å²) >= 11 is 0. The van der Waals surface area contributed by atoms with E-state index < -0.39 is 0 Å². The van der Waals surface area contributed by atoms with Gasteiger partial charge in [-0.25, -0.2) is 4.39 Å². The van der Waals surface area contributed by atoms with Gasteiger partial charge in [-0.05, 0) is 37.9 Å². The van der Waals surface area contributed by atoms with E-state index in [1.54, 1.807) is 6.07 Å². The summed E-state index contributed by atoms with van der Waals surface area (Å²) in [6.07, 6.45) is 6.61. The lowest BCUT2D eigenvalue weighted by atomic mass is 9.94. The second kappa shape index (κ2) is 7.75. The highest BCUT2D eigenvalue weighted by Gasteiger charge is 2.20. The zero-order chi connectivity index (χ0) is 14.4. The van der Waals surface area contributed by atoms with Crippen LogP contribution < -0.4 is 5.73 Å². The Hall–Kier alpha value is -0.930. The molecule has 112 valence electrons. The van der Waals surface area contributed by atoms with Crippen molar-refractivity contribution >= 4 is 0 Å². The Morgan fingerprint density at radius 2 is 1.70 bits per heavy atom. The van der Waals surface area contributed by atoms with Crippen LogP contribution >= 0.6 is 0 Å². The molecule has 1 heterocycles. The van der Waals surface area contributed by atoms with Gasteiger partial charge in [-0.1, -0.05) is 44.4 Å². The monoisotopic (exact) mass is 278 g/mol. The number of rotatable bonds is 4. The van der Waals surface area contributed by atoms with Crippen LogP contribution in [-0.2, 0) is 0 Å². The highest BCUT2D eigenvalue weighted by atomic mass is 19.1. The largest absolute Gasteiger partial charge is 0.324 e. The number of hydrogen-bond donors (Lipinski definition) is 1. The number of nitrogens with zero attached hydrogens (tertiary/aromatic N) is 1. The minimum atomic E-state index is -0.221. The highest BCUT2D eigenvalue weighted by molar-refractivity contribution is 5.21. The molecule has 3 heteroatoms. The average molecular weight is 278 g/mol. The molecule has 2 atom stereocenters. The summed E-state index contributed by atoms with van der Waals surface area (Å²) in [5, 5.41) is 0. The first-order valence-corrected chi connectivity index (χ1v) is 7.91. The van der Waals surface area contributed by atoms with Crippen LogP contribution in [0.5, 0.6) is 0 Å². The van der Waals surface area contributed by atoms with Crippen LogP contribution in [-0.4, -0.2) is 24.5 Å². The van der Waals surface area contributed by atoms with Crippen molar-refractivity contribution in [1.82, 2.24) is 4.90 Å². The molecule has 0 saturated carbocycles. The molecular formula is C17H27FN2. The van der Waals surface area contributed by atoms with Gasteiger partial charge in [0.15, 0.2) is 0 Å². The highest BCUT2D eigenvalue weighted by Crippen LogP contribution is 2.23. The summed E-state index contributed by atoms with van der Waals surface area (Å²) in [4.78, 5) is 2.50. The van der Waals surface area contributed by atoms with Crippen LogP contribution in [0, 0.1) is 11.7 Å². The first kappa shape index (κ1) is 15.5. The number of halogens is 1. The Morgan fingerprint density at radius 3 is 2.35 bits per heavy atom. The fraction of sp³-hybridized carbons (Fsp3) is 0.647. The molecule has 20 heavy (non-hydrogen) atoms. The normalized spacial score (nSPS) is 20.9. The molecule has 2 unspecified atom stereocenters.